The van der Waals surface area contributed by atoms with Crippen LogP contribution in [0.15, 0.2) is 36.7 Å². The van der Waals surface area contributed by atoms with Crippen LogP contribution >= 0.6 is 0 Å². The Morgan fingerprint density at radius 1 is 1.31 bits per heavy atom. The topological polar surface area (TPSA) is 25.4 Å². The smallest absolute Gasteiger partial charge is 0.0594 e. The van der Waals surface area contributed by atoms with E-state index in [1.165, 1.54) is 5.56 Å². The van der Waals surface area contributed by atoms with Crippen LogP contribution in [-0.4, -0.2) is 42.7 Å². The molecule has 16 heavy (non-hydrogen) atoms. The van der Waals surface area contributed by atoms with E-state index in [1.54, 1.807) is 6.20 Å². The van der Waals surface area contributed by atoms with Gasteiger partial charge in [-0.3, -0.25) is 9.88 Å². The number of hydrogen-bond donors (Lipinski definition) is 0. The molecule has 0 amide bonds. The molecule has 0 spiro atoms. The molecule has 0 saturated carbocycles. The number of allylic oxidation sites excluding steroid dienone is 1. The molecule has 1 aliphatic rings. The van der Waals surface area contributed by atoms with Crippen LogP contribution in [0.25, 0.3) is 0 Å². The fourth-order valence-corrected chi connectivity index (χ4v) is 1.75. The zero-order valence-electron chi connectivity index (χ0n) is 9.51. The van der Waals surface area contributed by atoms with E-state index < -0.39 is 0 Å². The lowest BCUT2D eigenvalue weighted by atomic mass is 10.2. The van der Waals surface area contributed by atoms with Gasteiger partial charge in [-0.1, -0.05) is 18.2 Å². The van der Waals surface area contributed by atoms with Gasteiger partial charge in [-0.05, 0) is 18.1 Å². The summed E-state index contributed by atoms with van der Waals surface area (Å²) in [6.45, 7) is 4.88. The summed E-state index contributed by atoms with van der Waals surface area (Å²) in [6.07, 6.45) is 9.14. The molecule has 0 aliphatic carbocycles. The minimum absolute atomic E-state index is 0.871. The molecule has 3 nitrogen and oxygen atoms in total. The number of nitrogens with zero attached hydrogens (tertiary/aromatic N) is 2. The second-order valence-electron chi connectivity index (χ2n) is 3.95. The summed E-state index contributed by atoms with van der Waals surface area (Å²) in [5.41, 5.74) is 1.26. The van der Waals surface area contributed by atoms with E-state index in [1.807, 2.05) is 12.3 Å². The van der Waals surface area contributed by atoms with E-state index in [-0.39, 0.29) is 0 Å². The van der Waals surface area contributed by atoms with Crippen LogP contribution < -0.4 is 0 Å². The number of rotatable bonds is 4. The van der Waals surface area contributed by atoms with Gasteiger partial charge in [0.25, 0.3) is 0 Å². The van der Waals surface area contributed by atoms with Crippen LogP contribution in [0, 0.1) is 0 Å². The van der Waals surface area contributed by atoms with E-state index >= 15 is 0 Å². The van der Waals surface area contributed by atoms with Crippen LogP contribution in [0.5, 0.6) is 0 Å². The molecule has 1 aliphatic heterocycles. The summed E-state index contributed by atoms with van der Waals surface area (Å²) < 4.78 is 5.30. The summed E-state index contributed by atoms with van der Waals surface area (Å²) >= 11 is 0. The van der Waals surface area contributed by atoms with E-state index in [4.69, 9.17) is 4.74 Å². The largest absolute Gasteiger partial charge is 0.379 e. The second-order valence-corrected chi connectivity index (χ2v) is 3.95. The highest BCUT2D eigenvalue weighted by Crippen LogP contribution is 1.99. The number of morpholine rings is 1. The van der Waals surface area contributed by atoms with Crippen molar-refractivity contribution in [2.24, 2.45) is 0 Å². The summed E-state index contributed by atoms with van der Waals surface area (Å²) in [7, 11) is 0. The average Bonchev–Trinajstić information content (AvgIpc) is 2.37. The Kier molecular flexibility index (Phi) is 4.52. The number of aromatic nitrogens is 1. The number of hydrogen-bond acceptors (Lipinski definition) is 3. The van der Waals surface area contributed by atoms with Gasteiger partial charge in [0, 0.05) is 32.0 Å². The third kappa shape index (κ3) is 3.76. The van der Waals surface area contributed by atoms with Gasteiger partial charge >= 0.3 is 0 Å². The first kappa shape index (κ1) is 11.3. The lowest BCUT2D eigenvalue weighted by Gasteiger charge is -2.25. The van der Waals surface area contributed by atoms with Crippen LogP contribution in [-0.2, 0) is 11.2 Å². The van der Waals surface area contributed by atoms with Gasteiger partial charge < -0.3 is 4.74 Å². The first-order chi connectivity index (χ1) is 7.95. The zero-order valence-corrected chi connectivity index (χ0v) is 9.51. The van der Waals surface area contributed by atoms with Gasteiger partial charge in [0.1, 0.15) is 0 Å². The van der Waals surface area contributed by atoms with Crippen LogP contribution in [0.4, 0.5) is 0 Å². The highest BCUT2D eigenvalue weighted by atomic mass is 16.5. The first-order valence-corrected chi connectivity index (χ1v) is 5.79. The Morgan fingerprint density at radius 3 is 2.94 bits per heavy atom. The molecule has 0 unspecified atom stereocenters. The lowest BCUT2D eigenvalue weighted by molar-refractivity contribution is 0.0434. The van der Waals surface area contributed by atoms with Crippen molar-refractivity contribution in [2.45, 2.75) is 6.42 Å². The van der Waals surface area contributed by atoms with Crippen LogP contribution in [0.1, 0.15) is 5.56 Å². The minimum atomic E-state index is 0.871. The van der Waals surface area contributed by atoms with Gasteiger partial charge in [0.2, 0.25) is 0 Å². The monoisotopic (exact) mass is 218 g/mol. The lowest BCUT2D eigenvalue weighted by Crippen LogP contribution is -2.36. The summed E-state index contributed by atoms with van der Waals surface area (Å²) in [5.74, 6) is 0. The molecule has 0 bridgehead atoms. The van der Waals surface area contributed by atoms with Gasteiger partial charge in [-0.15, -0.1) is 0 Å². The Morgan fingerprint density at radius 2 is 2.19 bits per heavy atom. The van der Waals surface area contributed by atoms with Crippen molar-refractivity contribution >= 4 is 0 Å². The Labute approximate surface area is 96.7 Å². The summed E-state index contributed by atoms with van der Waals surface area (Å²) in [4.78, 5) is 6.50. The van der Waals surface area contributed by atoms with Gasteiger partial charge in [-0.25, -0.2) is 0 Å². The normalized spacial score (nSPS) is 18.0. The molecule has 0 aromatic carbocycles. The quantitative estimate of drug-likeness (QED) is 0.716. The van der Waals surface area contributed by atoms with Crippen molar-refractivity contribution in [1.29, 1.82) is 0 Å². The maximum Gasteiger partial charge on any atom is 0.0594 e. The fraction of sp³-hybridized carbons (Fsp3) is 0.462. The molecule has 2 rings (SSSR count). The Bertz CT molecular complexity index is 318. The second kappa shape index (κ2) is 6.40. The van der Waals surface area contributed by atoms with Gasteiger partial charge in [0.05, 0.1) is 13.2 Å². The fourth-order valence-electron chi connectivity index (χ4n) is 1.75. The average molecular weight is 218 g/mol. The molecule has 1 fully saturated rings. The van der Waals surface area contributed by atoms with E-state index in [0.29, 0.717) is 0 Å². The minimum Gasteiger partial charge on any atom is -0.379 e. The predicted molar refractivity (Wildman–Crippen MR) is 64.3 cm³/mol. The molecule has 1 saturated heterocycles. The molecule has 3 heteroatoms. The van der Waals surface area contributed by atoms with E-state index in [9.17, 15) is 0 Å². The van der Waals surface area contributed by atoms with E-state index in [2.05, 4.69) is 28.1 Å². The Balaban J connectivity index is 1.69. The molecule has 1 aromatic rings. The molecule has 1 aromatic heterocycles. The molecular weight excluding hydrogens is 200 g/mol. The maximum atomic E-state index is 5.30. The van der Waals surface area contributed by atoms with Gasteiger partial charge in [-0.2, -0.15) is 0 Å². The zero-order chi connectivity index (χ0) is 11.1. The molecule has 0 radical (unpaired) electrons. The third-order valence-corrected chi connectivity index (χ3v) is 2.71. The number of ether oxygens (including phenoxy) is 1. The van der Waals surface area contributed by atoms with Crippen molar-refractivity contribution in [2.75, 3.05) is 32.8 Å². The van der Waals surface area contributed by atoms with Gasteiger partial charge in [0.15, 0.2) is 0 Å². The van der Waals surface area contributed by atoms with Crippen LogP contribution in [0.3, 0.4) is 0 Å². The number of pyridine rings is 1. The highest BCUT2D eigenvalue weighted by molar-refractivity contribution is 5.12. The summed E-state index contributed by atoms with van der Waals surface area (Å²) in [5, 5.41) is 0. The summed E-state index contributed by atoms with van der Waals surface area (Å²) in [6, 6.07) is 4.08. The standard InChI is InChI=1S/C13H18N2O/c1(4-13-5-3-6-14-12-13)2-7-15-8-10-16-11-9-15/h1-3,5-6,12H,4,7-11H2. The van der Waals surface area contributed by atoms with Crippen molar-refractivity contribution in [3.8, 4) is 0 Å². The highest BCUT2D eigenvalue weighted by Gasteiger charge is 2.07. The SMILES string of the molecule is C(=CCN1CCOCC1)Cc1cccnc1. The van der Waals surface area contributed by atoms with Crippen LogP contribution in [0.2, 0.25) is 0 Å². The van der Waals surface area contributed by atoms with Crippen molar-refractivity contribution in [3.05, 3.63) is 42.2 Å². The molecule has 0 N–H and O–H groups in total. The molecule has 0 atom stereocenters. The molecular formula is C13H18N2O. The van der Waals surface area contributed by atoms with Crippen molar-refractivity contribution < 1.29 is 4.74 Å². The van der Waals surface area contributed by atoms with E-state index in [0.717, 1.165) is 39.3 Å². The van der Waals surface area contributed by atoms with Crippen molar-refractivity contribution in [3.63, 3.8) is 0 Å². The third-order valence-electron chi connectivity index (χ3n) is 2.71. The first-order valence-electron chi connectivity index (χ1n) is 5.79. The maximum absolute atomic E-state index is 5.30. The molecule has 2 heterocycles. The molecule has 86 valence electrons. The van der Waals surface area contributed by atoms with Crippen molar-refractivity contribution in [1.82, 2.24) is 9.88 Å². The predicted octanol–water partition coefficient (Wildman–Crippen LogP) is 1.51. The Hall–Kier alpha value is -1.19.